The molecule has 4 aliphatic rings. The van der Waals surface area contributed by atoms with E-state index in [2.05, 4.69) is 352 Å². The summed E-state index contributed by atoms with van der Waals surface area (Å²) in [5.74, 6) is 0. The van der Waals surface area contributed by atoms with Crippen LogP contribution in [0.15, 0.2) is 352 Å². The summed E-state index contributed by atoms with van der Waals surface area (Å²) in [6, 6.07) is 136. The summed E-state index contributed by atoms with van der Waals surface area (Å²) in [6.45, 7) is 0. The van der Waals surface area contributed by atoms with Crippen molar-refractivity contribution in [3.8, 4) is 77.9 Å². The normalized spacial score (nSPS) is 14.3. The molecular formula is C91H58Si2. The minimum absolute atomic E-state index is 0.632. The second kappa shape index (κ2) is 19.9. The third-order valence-electron chi connectivity index (χ3n) is 21.8. The number of hydrogen-bond donors (Lipinski definition) is 0. The van der Waals surface area contributed by atoms with Gasteiger partial charge in [0.15, 0.2) is 16.1 Å². The number of hydrogen-bond acceptors (Lipinski definition) is 0. The maximum Gasteiger partial charge on any atom is 0.181 e. The summed E-state index contributed by atoms with van der Waals surface area (Å²) in [7, 11) is -6.03. The highest BCUT2D eigenvalue weighted by atomic mass is 28.3. The van der Waals surface area contributed by atoms with Crippen LogP contribution in [0.25, 0.3) is 110 Å². The van der Waals surface area contributed by atoms with Crippen molar-refractivity contribution < 1.29 is 0 Å². The maximum absolute atomic E-state index is 3.02. The molecule has 0 amide bonds. The minimum atomic E-state index is -3.02. The topological polar surface area (TPSA) is 0 Å². The van der Waals surface area contributed by atoms with Crippen LogP contribution in [0.4, 0.5) is 0 Å². The first-order valence-electron chi connectivity index (χ1n) is 32.7. The van der Waals surface area contributed by atoms with Crippen molar-refractivity contribution in [2.75, 3.05) is 0 Å². The Kier molecular flexibility index (Phi) is 11.2. The van der Waals surface area contributed by atoms with Gasteiger partial charge in [-0.15, -0.1) is 0 Å². The predicted octanol–water partition coefficient (Wildman–Crippen LogP) is 17.2. The van der Waals surface area contributed by atoms with Gasteiger partial charge in [-0.2, -0.15) is 0 Å². The molecule has 0 nitrogen and oxygen atoms in total. The summed E-state index contributed by atoms with van der Waals surface area (Å²) >= 11 is 0. The van der Waals surface area contributed by atoms with Crippen molar-refractivity contribution in [2.24, 2.45) is 0 Å². The van der Waals surface area contributed by atoms with Crippen molar-refractivity contribution in [1.82, 2.24) is 0 Å². The molecule has 0 saturated heterocycles. The van der Waals surface area contributed by atoms with Gasteiger partial charge in [0.25, 0.3) is 0 Å². The van der Waals surface area contributed by atoms with Crippen LogP contribution in [0.1, 0.15) is 22.3 Å². The molecule has 2 aliphatic heterocycles. The highest BCUT2D eigenvalue weighted by Gasteiger charge is 2.55. The van der Waals surface area contributed by atoms with Crippen LogP contribution in [-0.4, -0.2) is 16.1 Å². The first kappa shape index (κ1) is 52.5. The summed E-state index contributed by atoms with van der Waals surface area (Å²) in [4.78, 5) is 0. The lowest BCUT2D eigenvalue weighted by atomic mass is 9.68. The monoisotopic (exact) mass is 1210 g/mol. The summed E-state index contributed by atoms with van der Waals surface area (Å²) in [5, 5.41) is 18.8. The van der Waals surface area contributed by atoms with E-state index < -0.39 is 21.6 Å². The molecule has 16 aromatic carbocycles. The van der Waals surface area contributed by atoms with Crippen LogP contribution >= 0.6 is 0 Å². The molecule has 93 heavy (non-hydrogen) atoms. The Bertz CT molecular complexity index is 5440. The first-order chi connectivity index (χ1) is 46.2. The zero-order chi connectivity index (χ0) is 61.0. The van der Waals surface area contributed by atoms with E-state index in [-0.39, 0.29) is 0 Å². The molecule has 2 heteroatoms. The molecule has 1 spiro atoms. The number of benzene rings is 16. The maximum atomic E-state index is 2.63. The van der Waals surface area contributed by atoms with E-state index >= 15 is 0 Å². The Morgan fingerprint density at radius 2 is 0.527 bits per heavy atom. The lowest BCUT2D eigenvalue weighted by molar-refractivity contribution is 0.796. The first-order valence-corrected chi connectivity index (χ1v) is 36.7. The minimum Gasteiger partial charge on any atom is -0.0623 e. The van der Waals surface area contributed by atoms with Crippen LogP contribution in [0.2, 0.25) is 0 Å². The largest absolute Gasteiger partial charge is 0.181 e. The molecule has 0 fully saturated rings. The highest BCUT2D eigenvalue weighted by molar-refractivity contribution is 7.23. The molecule has 0 unspecified atom stereocenters. The Morgan fingerprint density at radius 1 is 0.194 bits per heavy atom. The van der Waals surface area contributed by atoms with Gasteiger partial charge in [-0.25, -0.2) is 0 Å². The van der Waals surface area contributed by atoms with E-state index in [1.54, 1.807) is 0 Å². The quantitative estimate of drug-likeness (QED) is 0.110. The van der Waals surface area contributed by atoms with Gasteiger partial charge in [0.05, 0.1) is 5.41 Å². The van der Waals surface area contributed by atoms with Crippen molar-refractivity contribution in [1.29, 1.82) is 0 Å². The molecule has 0 aromatic heterocycles. The number of fused-ring (bicyclic) bond motifs is 20. The van der Waals surface area contributed by atoms with E-state index in [1.807, 2.05) is 0 Å². The lowest BCUT2D eigenvalue weighted by Gasteiger charge is -2.34. The van der Waals surface area contributed by atoms with Crippen LogP contribution in [0.5, 0.6) is 0 Å². The molecule has 20 rings (SSSR count). The molecule has 0 saturated carbocycles. The van der Waals surface area contributed by atoms with Gasteiger partial charge >= 0.3 is 0 Å². The van der Waals surface area contributed by atoms with Crippen molar-refractivity contribution in [3.05, 3.63) is 374 Å². The Hall–Kier alpha value is -11.3. The summed E-state index contributed by atoms with van der Waals surface area (Å²) in [5.41, 5.74) is 22.9. The highest BCUT2D eigenvalue weighted by Crippen LogP contribution is 2.66. The standard InChI is InChI=1S/C91H58Si2/c1-5-29-60(30-6-1)92(61-31-7-2-8-32-61)84-54-21-17-40-69(84)75-48-25-46-73(89(75)92)65-42-23-44-71-79(65)58-80-66(74-47-26-49-76-70-41-18-22-55-85(70)93(90(74)76,62-33-9-3-10-34-62)63-35-11-4-12-36-63)43-24-45-72(80)86(71)77-50-27-51-78-87-64-37-14-13-28-59(64)56-57-83(87)91(88(77)78)81-52-19-15-38-67(81)68-39-16-20-53-82(68)91/h1-58H. The van der Waals surface area contributed by atoms with Gasteiger partial charge in [-0.3, -0.25) is 0 Å². The van der Waals surface area contributed by atoms with Crippen LogP contribution in [0.3, 0.4) is 0 Å². The van der Waals surface area contributed by atoms with Gasteiger partial charge < -0.3 is 0 Å². The molecule has 2 aliphatic carbocycles. The molecule has 0 bridgehead atoms. The third-order valence-corrected chi connectivity index (χ3v) is 31.7. The van der Waals surface area contributed by atoms with Gasteiger partial charge in [0.2, 0.25) is 0 Å². The van der Waals surface area contributed by atoms with Gasteiger partial charge in [0, 0.05) is 0 Å². The summed E-state index contributed by atoms with van der Waals surface area (Å²) in [6.07, 6.45) is 0. The van der Waals surface area contributed by atoms with Crippen LogP contribution in [-0.2, 0) is 5.41 Å². The fourth-order valence-electron chi connectivity index (χ4n) is 18.6. The zero-order valence-corrected chi connectivity index (χ0v) is 53.0. The molecule has 2 heterocycles. The predicted molar refractivity (Wildman–Crippen MR) is 397 cm³/mol. The fraction of sp³-hybridized carbons (Fsp3) is 0.0110. The second-order valence-corrected chi connectivity index (χ2v) is 33.2. The van der Waals surface area contributed by atoms with E-state index in [0.29, 0.717) is 0 Å². The van der Waals surface area contributed by atoms with E-state index in [1.165, 1.54) is 174 Å². The SMILES string of the molecule is c1ccc([Si]2(c3ccccc3)c3ccccc3-c3cccc(-c4cccc5c(-c6cccc7c6C6(c8ccccc8-c8ccccc86)c6ccc8ccccc8c6-7)c6cccc(-c7cccc8c7[Si](c7ccccc7)(c7ccccc7)c7ccccc7-8)c6cc45)c32)cc1. The average molecular weight is 1210 g/mol. The smallest absolute Gasteiger partial charge is 0.0623 e. The Labute approximate surface area is 543 Å². The Morgan fingerprint density at radius 3 is 1.00 bits per heavy atom. The average Bonchev–Trinajstić information content (AvgIpc) is 1.54. The van der Waals surface area contributed by atoms with Gasteiger partial charge in [0.1, 0.15) is 0 Å². The summed E-state index contributed by atoms with van der Waals surface area (Å²) < 4.78 is 0. The fourth-order valence-corrected chi connectivity index (χ4v) is 29.4. The Balaban J connectivity index is 0.963. The molecule has 0 radical (unpaired) electrons. The van der Waals surface area contributed by atoms with Crippen molar-refractivity contribution in [2.45, 2.75) is 5.41 Å². The molecule has 0 N–H and O–H groups in total. The van der Waals surface area contributed by atoms with E-state index in [4.69, 9.17) is 0 Å². The second-order valence-electron chi connectivity index (χ2n) is 25.8. The molecule has 0 atom stereocenters. The van der Waals surface area contributed by atoms with Crippen molar-refractivity contribution >= 4 is 90.0 Å². The van der Waals surface area contributed by atoms with Crippen LogP contribution in [0, 0.1) is 0 Å². The van der Waals surface area contributed by atoms with Crippen molar-refractivity contribution in [3.63, 3.8) is 0 Å². The molecule has 16 aromatic rings. The zero-order valence-electron chi connectivity index (χ0n) is 51.0. The van der Waals surface area contributed by atoms with Crippen LogP contribution < -0.4 is 41.5 Å². The third kappa shape index (κ3) is 6.83. The van der Waals surface area contributed by atoms with Gasteiger partial charge in [-0.05, 0) is 180 Å². The van der Waals surface area contributed by atoms with E-state index in [9.17, 15) is 0 Å². The molecular weight excluding hydrogens is 1150 g/mol. The van der Waals surface area contributed by atoms with E-state index in [0.717, 1.165) is 0 Å². The molecule has 430 valence electrons. The lowest BCUT2D eigenvalue weighted by Crippen LogP contribution is -2.73. The van der Waals surface area contributed by atoms with Gasteiger partial charge in [-0.1, -0.05) is 346 Å². The number of rotatable bonds is 7.